The summed E-state index contributed by atoms with van der Waals surface area (Å²) in [7, 11) is 1.94. The molecular formula is C16H15BrN2. The van der Waals surface area contributed by atoms with Crippen molar-refractivity contribution in [1.82, 2.24) is 4.40 Å². The lowest BCUT2D eigenvalue weighted by Gasteiger charge is -2.07. The van der Waals surface area contributed by atoms with Gasteiger partial charge in [0.15, 0.2) is 0 Å². The quantitative estimate of drug-likeness (QED) is 0.724. The summed E-state index contributed by atoms with van der Waals surface area (Å²) in [5, 5.41) is 3.19. The number of aromatic nitrogens is 1. The van der Waals surface area contributed by atoms with Gasteiger partial charge in [0.1, 0.15) is 0 Å². The summed E-state index contributed by atoms with van der Waals surface area (Å²) in [5.41, 5.74) is 6.04. The van der Waals surface area contributed by atoms with Crippen LogP contribution in [0.2, 0.25) is 0 Å². The first-order valence-corrected chi connectivity index (χ1v) is 7.05. The molecule has 3 rings (SSSR count). The van der Waals surface area contributed by atoms with Crippen LogP contribution >= 0.6 is 15.9 Å². The summed E-state index contributed by atoms with van der Waals surface area (Å²) in [6, 6.07) is 14.7. The fourth-order valence-electron chi connectivity index (χ4n) is 2.47. The Hall–Kier alpha value is -1.74. The van der Waals surface area contributed by atoms with E-state index in [-0.39, 0.29) is 0 Å². The Morgan fingerprint density at radius 3 is 2.74 bits per heavy atom. The van der Waals surface area contributed by atoms with Gasteiger partial charge in [-0.2, -0.15) is 0 Å². The van der Waals surface area contributed by atoms with Gasteiger partial charge in [-0.15, -0.1) is 0 Å². The predicted octanol–water partition coefficient (Wildman–Crippen LogP) is 4.72. The highest BCUT2D eigenvalue weighted by molar-refractivity contribution is 9.10. The standard InChI is InChI=1S/C16H15BrN2/c1-11-15(17)14-8-3-4-9-19(14)16(11)12-6-5-7-13(10-12)18-2/h3-10,18H,1-2H3. The van der Waals surface area contributed by atoms with Gasteiger partial charge in [-0.05, 0) is 52.7 Å². The molecule has 0 atom stereocenters. The number of nitrogens with zero attached hydrogens (tertiary/aromatic N) is 1. The van der Waals surface area contributed by atoms with Crippen LogP contribution in [0.4, 0.5) is 5.69 Å². The van der Waals surface area contributed by atoms with Gasteiger partial charge in [0.05, 0.1) is 11.2 Å². The topological polar surface area (TPSA) is 16.4 Å². The lowest BCUT2D eigenvalue weighted by atomic mass is 10.1. The summed E-state index contributed by atoms with van der Waals surface area (Å²) in [5.74, 6) is 0. The van der Waals surface area contributed by atoms with E-state index in [4.69, 9.17) is 0 Å². The molecule has 0 aliphatic heterocycles. The summed E-state index contributed by atoms with van der Waals surface area (Å²) in [6.07, 6.45) is 2.11. The number of hydrogen-bond donors (Lipinski definition) is 1. The Bertz CT molecular complexity index is 744. The van der Waals surface area contributed by atoms with Gasteiger partial charge in [0.25, 0.3) is 0 Å². The van der Waals surface area contributed by atoms with Gasteiger partial charge in [-0.1, -0.05) is 18.2 Å². The van der Waals surface area contributed by atoms with Crippen LogP contribution in [0.25, 0.3) is 16.8 Å². The van der Waals surface area contributed by atoms with Crippen molar-refractivity contribution in [3.63, 3.8) is 0 Å². The smallest absolute Gasteiger partial charge is 0.0601 e. The van der Waals surface area contributed by atoms with E-state index in [1.807, 2.05) is 7.05 Å². The molecule has 2 aromatic heterocycles. The monoisotopic (exact) mass is 314 g/mol. The summed E-state index contributed by atoms with van der Waals surface area (Å²) in [6.45, 7) is 2.15. The fraction of sp³-hybridized carbons (Fsp3) is 0.125. The molecule has 0 amide bonds. The zero-order chi connectivity index (χ0) is 13.4. The molecule has 0 fully saturated rings. The number of hydrogen-bond acceptors (Lipinski definition) is 1. The summed E-state index contributed by atoms with van der Waals surface area (Å²) < 4.78 is 3.40. The molecule has 2 heterocycles. The number of halogens is 1. The van der Waals surface area contributed by atoms with Crippen LogP contribution in [0.1, 0.15) is 5.56 Å². The molecule has 1 aromatic carbocycles. The highest BCUT2D eigenvalue weighted by Gasteiger charge is 2.14. The van der Waals surface area contributed by atoms with Gasteiger partial charge < -0.3 is 9.72 Å². The first-order valence-electron chi connectivity index (χ1n) is 6.25. The SMILES string of the molecule is CNc1cccc(-c2c(C)c(Br)c3ccccn23)c1. The van der Waals surface area contributed by atoms with E-state index in [2.05, 4.69) is 81.2 Å². The molecule has 0 aliphatic rings. The van der Waals surface area contributed by atoms with Gasteiger partial charge in [-0.25, -0.2) is 0 Å². The first kappa shape index (κ1) is 12.3. The minimum absolute atomic E-state index is 1.12. The van der Waals surface area contributed by atoms with Crippen LogP contribution in [-0.4, -0.2) is 11.4 Å². The molecule has 0 aliphatic carbocycles. The molecule has 3 heteroatoms. The number of nitrogens with one attached hydrogen (secondary N) is 1. The minimum Gasteiger partial charge on any atom is -0.388 e. The van der Waals surface area contributed by atoms with Crippen molar-refractivity contribution in [3.05, 3.63) is 58.7 Å². The third kappa shape index (κ3) is 1.94. The van der Waals surface area contributed by atoms with Gasteiger partial charge in [0.2, 0.25) is 0 Å². The van der Waals surface area contributed by atoms with Crippen LogP contribution in [0.15, 0.2) is 53.1 Å². The van der Waals surface area contributed by atoms with Crippen molar-refractivity contribution in [3.8, 4) is 11.3 Å². The largest absolute Gasteiger partial charge is 0.388 e. The second-order valence-electron chi connectivity index (χ2n) is 4.57. The van der Waals surface area contributed by atoms with Crippen molar-refractivity contribution >= 4 is 27.1 Å². The molecular weight excluding hydrogens is 300 g/mol. The normalized spacial score (nSPS) is 10.9. The van der Waals surface area contributed by atoms with E-state index in [1.54, 1.807) is 0 Å². The maximum atomic E-state index is 3.70. The van der Waals surface area contributed by atoms with Crippen molar-refractivity contribution < 1.29 is 0 Å². The first-order chi connectivity index (χ1) is 9.22. The van der Waals surface area contributed by atoms with Crippen LogP contribution in [-0.2, 0) is 0 Å². The summed E-state index contributed by atoms with van der Waals surface area (Å²) >= 11 is 3.70. The fourth-order valence-corrected chi connectivity index (χ4v) is 2.98. The third-order valence-corrected chi connectivity index (χ3v) is 4.44. The number of rotatable bonds is 2. The molecule has 0 spiro atoms. The third-order valence-electron chi connectivity index (χ3n) is 3.43. The summed E-state index contributed by atoms with van der Waals surface area (Å²) in [4.78, 5) is 0. The van der Waals surface area contributed by atoms with Gasteiger partial charge in [0, 0.05) is 29.0 Å². The van der Waals surface area contributed by atoms with Gasteiger partial charge in [-0.3, -0.25) is 0 Å². The second-order valence-corrected chi connectivity index (χ2v) is 5.37. The van der Waals surface area contributed by atoms with E-state index in [0.717, 1.165) is 10.2 Å². The molecule has 0 saturated heterocycles. The maximum Gasteiger partial charge on any atom is 0.0601 e. The number of anilines is 1. The highest BCUT2D eigenvalue weighted by atomic mass is 79.9. The Balaban J connectivity index is 2.32. The number of pyridine rings is 1. The van der Waals surface area contributed by atoms with E-state index >= 15 is 0 Å². The molecule has 96 valence electrons. The average molecular weight is 315 g/mol. The molecule has 0 unspecified atom stereocenters. The molecule has 0 bridgehead atoms. The zero-order valence-electron chi connectivity index (χ0n) is 10.9. The molecule has 19 heavy (non-hydrogen) atoms. The van der Waals surface area contributed by atoms with E-state index in [0.29, 0.717) is 0 Å². The molecule has 3 aromatic rings. The minimum atomic E-state index is 1.12. The lowest BCUT2D eigenvalue weighted by Crippen LogP contribution is -1.91. The Morgan fingerprint density at radius 2 is 1.95 bits per heavy atom. The van der Waals surface area contributed by atoms with Crippen LogP contribution in [0, 0.1) is 6.92 Å². The van der Waals surface area contributed by atoms with E-state index in [9.17, 15) is 0 Å². The van der Waals surface area contributed by atoms with Gasteiger partial charge >= 0.3 is 0 Å². The number of benzene rings is 1. The van der Waals surface area contributed by atoms with Crippen LogP contribution < -0.4 is 5.32 Å². The Labute approximate surface area is 121 Å². The second kappa shape index (κ2) is 4.74. The number of fused-ring (bicyclic) bond motifs is 1. The van der Waals surface area contributed by atoms with E-state index < -0.39 is 0 Å². The van der Waals surface area contributed by atoms with Crippen LogP contribution in [0.5, 0.6) is 0 Å². The molecule has 2 nitrogen and oxygen atoms in total. The average Bonchev–Trinajstić information content (AvgIpc) is 2.72. The lowest BCUT2D eigenvalue weighted by molar-refractivity contribution is 1.19. The molecule has 1 N–H and O–H groups in total. The van der Waals surface area contributed by atoms with Crippen LogP contribution in [0.3, 0.4) is 0 Å². The van der Waals surface area contributed by atoms with Crippen molar-refractivity contribution in [2.45, 2.75) is 6.92 Å². The van der Waals surface area contributed by atoms with Crippen molar-refractivity contribution in [1.29, 1.82) is 0 Å². The predicted molar refractivity (Wildman–Crippen MR) is 84.8 cm³/mol. The van der Waals surface area contributed by atoms with E-state index in [1.165, 1.54) is 22.3 Å². The maximum absolute atomic E-state index is 3.70. The molecule has 0 saturated carbocycles. The Morgan fingerprint density at radius 1 is 1.11 bits per heavy atom. The molecule has 0 radical (unpaired) electrons. The van der Waals surface area contributed by atoms with Crippen molar-refractivity contribution in [2.75, 3.05) is 12.4 Å². The highest BCUT2D eigenvalue weighted by Crippen LogP contribution is 2.35. The zero-order valence-corrected chi connectivity index (χ0v) is 12.5. The Kier molecular flexibility index (Phi) is 3.07. The van der Waals surface area contributed by atoms with Crippen molar-refractivity contribution in [2.24, 2.45) is 0 Å².